The molecule has 4 aromatic rings. The van der Waals surface area contributed by atoms with Crippen LogP contribution in [0.15, 0.2) is 47.4 Å². The molecule has 0 saturated carbocycles. The summed E-state index contributed by atoms with van der Waals surface area (Å²) in [5.41, 5.74) is 2.83. The van der Waals surface area contributed by atoms with Gasteiger partial charge >= 0.3 is 0 Å². The van der Waals surface area contributed by atoms with E-state index in [1.807, 2.05) is 25.1 Å². The lowest BCUT2D eigenvalue weighted by atomic mass is 10.1. The highest BCUT2D eigenvalue weighted by Crippen LogP contribution is 2.33. The maximum atomic E-state index is 13.2. The van der Waals surface area contributed by atoms with Gasteiger partial charge in [-0.2, -0.15) is 0 Å². The van der Waals surface area contributed by atoms with Crippen LogP contribution in [-0.2, 0) is 6.54 Å². The predicted octanol–water partition coefficient (Wildman–Crippen LogP) is 3.75. The quantitative estimate of drug-likeness (QED) is 0.576. The van der Waals surface area contributed by atoms with E-state index in [1.165, 1.54) is 18.6 Å². The van der Waals surface area contributed by atoms with Gasteiger partial charge in [0.25, 0.3) is 0 Å². The normalized spacial score (nSPS) is 10.9. The van der Waals surface area contributed by atoms with Crippen molar-refractivity contribution >= 4 is 16.7 Å². The van der Waals surface area contributed by atoms with Crippen LogP contribution in [-0.4, -0.2) is 27.2 Å². The molecular weight excluding hydrogens is 349 g/mol. The van der Waals surface area contributed by atoms with Gasteiger partial charge in [-0.25, -0.2) is 14.4 Å². The minimum atomic E-state index is -0.389. The molecule has 3 heterocycles. The Kier molecular flexibility index (Phi) is 4.37. The number of ether oxygens (including phenoxy) is 1. The minimum Gasteiger partial charge on any atom is -0.494 e. The van der Waals surface area contributed by atoms with E-state index in [9.17, 15) is 4.39 Å². The van der Waals surface area contributed by atoms with Crippen molar-refractivity contribution in [3.8, 4) is 17.0 Å². The molecule has 0 unspecified atom stereocenters. The zero-order valence-corrected chi connectivity index (χ0v) is 14.7. The maximum absolute atomic E-state index is 13.2. The molecule has 0 saturated heterocycles. The van der Waals surface area contributed by atoms with Gasteiger partial charge in [0.2, 0.25) is 0 Å². The first-order chi connectivity index (χ1) is 13.1. The van der Waals surface area contributed by atoms with E-state index >= 15 is 0 Å². The lowest BCUT2D eigenvalue weighted by Gasteiger charge is -2.12. The van der Waals surface area contributed by atoms with Crippen molar-refractivity contribution in [3.05, 3.63) is 60.1 Å². The number of aryl methyl sites for hydroxylation is 1. The number of anilines is 1. The highest BCUT2D eigenvalue weighted by molar-refractivity contribution is 5.96. The molecule has 0 aliphatic heterocycles. The number of nitrogens with one attached hydrogen (secondary N) is 1. The minimum absolute atomic E-state index is 0.389. The number of methoxy groups -OCH3 is 1. The fourth-order valence-electron chi connectivity index (χ4n) is 2.80. The van der Waals surface area contributed by atoms with Crippen molar-refractivity contribution in [3.63, 3.8) is 0 Å². The molecule has 1 N–H and O–H groups in total. The molecule has 0 radical (unpaired) electrons. The summed E-state index contributed by atoms with van der Waals surface area (Å²) in [6.07, 6.45) is 2.65. The first-order valence-electron chi connectivity index (χ1n) is 8.25. The van der Waals surface area contributed by atoms with Crippen molar-refractivity contribution < 1.29 is 13.7 Å². The van der Waals surface area contributed by atoms with Crippen LogP contribution in [0.1, 0.15) is 11.5 Å². The van der Waals surface area contributed by atoms with Crippen molar-refractivity contribution in [1.29, 1.82) is 0 Å². The number of hydrogen-bond donors (Lipinski definition) is 1. The highest BCUT2D eigenvalue weighted by Gasteiger charge is 2.13. The van der Waals surface area contributed by atoms with Crippen LogP contribution in [0, 0.1) is 12.7 Å². The zero-order valence-electron chi connectivity index (χ0n) is 14.7. The summed E-state index contributed by atoms with van der Waals surface area (Å²) in [5, 5.41) is 7.98. The fourth-order valence-corrected chi connectivity index (χ4v) is 2.80. The number of benzene rings is 1. The molecule has 7 nitrogen and oxygen atoms in total. The molecule has 0 bridgehead atoms. The summed E-state index contributed by atoms with van der Waals surface area (Å²) < 4.78 is 23.8. The Morgan fingerprint density at radius 1 is 1.15 bits per heavy atom. The van der Waals surface area contributed by atoms with Crippen LogP contribution in [0.25, 0.3) is 22.2 Å². The Morgan fingerprint density at radius 3 is 2.74 bits per heavy atom. The average Bonchev–Trinajstić information content (AvgIpc) is 3.11. The van der Waals surface area contributed by atoms with Crippen LogP contribution < -0.4 is 10.1 Å². The summed E-state index contributed by atoms with van der Waals surface area (Å²) in [5.74, 6) is 1.56. The average molecular weight is 365 g/mol. The molecule has 1 aromatic carbocycles. The van der Waals surface area contributed by atoms with Gasteiger partial charge in [-0.1, -0.05) is 5.16 Å². The molecule has 136 valence electrons. The van der Waals surface area contributed by atoms with E-state index in [0.717, 1.165) is 22.4 Å². The van der Waals surface area contributed by atoms with E-state index in [2.05, 4.69) is 25.4 Å². The van der Waals surface area contributed by atoms with E-state index < -0.39 is 0 Å². The Labute approximate surface area is 154 Å². The number of rotatable bonds is 5. The smallest absolute Gasteiger partial charge is 0.145 e. The number of halogens is 1. The standard InChI is InChI=1S/C19H16FN5O2/c1-11-5-14(25-27-11)9-22-19-15-6-12(16-4-3-13(20)8-21-16)7-17(26-2)18(15)23-10-24-19/h3-8,10H,9H2,1-2H3,(H,22,23,24). The van der Waals surface area contributed by atoms with Crippen molar-refractivity contribution in [1.82, 2.24) is 20.1 Å². The molecule has 3 aromatic heterocycles. The summed E-state index contributed by atoms with van der Waals surface area (Å²) in [6, 6.07) is 8.55. The largest absolute Gasteiger partial charge is 0.494 e. The third kappa shape index (κ3) is 3.41. The van der Waals surface area contributed by atoms with Crippen LogP contribution in [0.4, 0.5) is 10.2 Å². The highest BCUT2D eigenvalue weighted by atomic mass is 19.1. The first kappa shape index (κ1) is 16.9. The van der Waals surface area contributed by atoms with Gasteiger partial charge in [0, 0.05) is 17.0 Å². The predicted molar refractivity (Wildman–Crippen MR) is 97.8 cm³/mol. The van der Waals surface area contributed by atoms with Crippen LogP contribution in [0.2, 0.25) is 0 Å². The molecule has 0 spiro atoms. The topological polar surface area (TPSA) is 86.0 Å². The summed E-state index contributed by atoms with van der Waals surface area (Å²) >= 11 is 0. The van der Waals surface area contributed by atoms with E-state index in [0.29, 0.717) is 29.3 Å². The molecule has 0 aliphatic rings. The Morgan fingerprint density at radius 2 is 2.04 bits per heavy atom. The van der Waals surface area contributed by atoms with Crippen LogP contribution >= 0.6 is 0 Å². The molecule has 0 atom stereocenters. The van der Waals surface area contributed by atoms with Gasteiger partial charge in [0.05, 0.1) is 25.5 Å². The second-order valence-electron chi connectivity index (χ2n) is 5.94. The van der Waals surface area contributed by atoms with Gasteiger partial charge in [-0.3, -0.25) is 4.98 Å². The second kappa shape index (κ2) is 6.99. The molecule has 0 aliphatic carbocycles. The van der Waals surface area contributed by atoms with Gasteiger partial charge < -0.3 is 14.6 Å². The van der Waals surface area contributed by atoms with Gasteiger partial charge in [0.1, 0.15) is 40.7 Å². The molecule has 8 heteroatoms. The summed E-state index contributed by atoms with van der Waals surface area (Å²) in [6.45, 7) is 2.29. The molecular formula is C19H16FN5O2. The third-order valence-electron chi connectivity index (χ3n) is 4.06. The molecule has 0 fully saturated rings. The number of nitrogens with zero attached hydrogens (tertiary/aromatic N) is 4. The van der Waals surface area contributed by atoms with E-state index in [1.54, 1.807) is 13.2 Å². The number of aromatic nitrogens is 4. The molecule has 4 rings (SSSR count). The fraction of sp³-hybridized carbons (Fsp3) is 0.158. The zero-order chi connectivity index (χ0) is 18.8. The number of hydrogen-bond acceptors (Lipinski definition) is 7. The lowest BCUT2D eigenvalue weighted by molar-refractivity contribution is 0.391. The number of fused-ring (bicyclic) bond motifs is 1. The Hall–Kier alpha value is -3.55. The monoisotopic (exact) mass is 365 g/mol. The summed E-state index contributed by atoms with van der Waals surface area (Å²) in [4.78, 5) is 12.8. The van der Waals surface area contributed by atoms with Crippen molar-refractivity contribution in [2.24, 2.45) is 0 Å². The van der Waals surface area contributed by atoms with Gasteiger partial charge in [-0.05, 0) is 31.2 Å². The lowest BCUT2D eigenvalue weighted by Crippen LogP contribution is -2.03. The van der Waals surface area contributed by atoms with E-state index in [-0.39, 0.29) is 5.82 Å². The van der Waals surface area contributed by atoms with E-state index in [4.69, 9.17) is 9.26 Å². The Balaban J connectivity index is 1.77. The SMILES string of the molecule is COc1cc(-c2ccc(F)cn2)cc2c(NCc3cc(C)on3)ncnc12. The van der Waals surface area contributed by atoms with Crippen LogP contribution in [0.3, 0.4) is 0 Å². The van der Waals surface area contributed by atoms with Gasteiger partial charge in [-0.15, -0.1) is 0 Å². The third-order valence-corrected chi connectivity index (χ3v) is 4.06. The number of pyridine rings is 1. The molecule has 27 heavy (non-hydrogen) atoms. The van der Waals surface area contributed by atoms with Crippen molar-refractivity contribution in [2.45, 2.75) is 13.5 Å². The first-order valence-corrected chi connectivity index (χ1v) is 8.25. The Bertz CT molecular complexity index is 1100. The van der Waals surface area contributed by atoms with Crippen LogP contribution in [0.5, 0.6) is 5.75 Å². The molecule has 0 amide bonds. The second-order valence-corrected chi connectivity index (χ2v) is 5.94. The summed E-state index contributed by atoms with van der Waals surface area (Å²) in [7, 11) is 1.57. The maximum Gasteiger partial charge on any atom is 0.145 e. The van der Waals surface area contributed by atoms with Gasteiger partial charge in [0.15, 0.2) is 0 Å². The van der Waals surface area contributed by atoms with Crippen molar-refractivity contribution in [2.75, 3.05) is 12.4 Å².